The summed E-state index contributed by atoms with van der Waals surface area (Å²) in [7, 11) is 16.7. The zero-order chi connectivity index (χ0) is 92.8. The fourth-order valence-corrected chi connectivity index (χ4v) is 13.5. The Labute approximate surface area is 746 Å². The van der Waals surface area contributed by atoms with Gasteiger partial charge in [-0.1, -0.05) is 26.8 Å². The number of para-hydroxylation sites is 1. The summed E-state index contributed by atoms with van der Waals surface area (Å²) in [6, 6.07) is 19.2. The van der Waals surface area contributed by atoms with E-state index in [0.717, 1.165) is 31.4 Å². The molecule has 16 rings (SSSR count). The van der Waals surface area contributed by atoms with Crippen molar-refractivity contribution in [3.05, 3.63) is 157 Å². The number of nitrogens with zero attached hydrogens (tertiary/aromatic N) is 24. The summed E-state index contributed by atoms with van der Waals surface area (Å²) in [6.45, 7) is 14.3. The van der Waals surface area contributed by atoms with E-state index in [9.17, 15) is 33.6 Å². The number of anilines is 13. The Bertz CT molecular complexity index is 6160. The van der Waals surface area contributed by atoms with Gasteiger partial charge < -0.3 is 66.4 Å². The summed E-state index contributed by atoms with van der Waals surface area (Å²) < 4.78 is 30.7. The Morgan fingerprint density at radius 3 is 1.20 bits per heavy atom. The lowest BCUT2D eigenvalue weighted by molar-refractivity contribution is -0.118. The SMILES string of the molecule is CCC(=O)c1cnc(NC(=O)C2CC2)cc1Nc1cccc(-c2ncn(C)n2)c1OC.CCC(=O)c1cnc(NC(=O)C2CC2)cc1Nc1nccc(-c2ncn(C)n2)c1OC.CCC(=O)c1cnc(Nc2cc(C)n(C)n2)cc1Nc1nccc(-c2ncn(C)n2)c1OC.CNC(=O)c1nnc(N2CCN(C(C)(C)C)C2=O)cc1Nc1nccc(-c2ncn(C)n2)c1OC. The van der Waals surface area contributed by atoms with E-state index >= 15 is 0 Å². The van der Waals surface area contributed by atoms with Gasteiger partial charge in [-0.25, -0.2) is 54.6 Å². The molecule has 1 saturated heterocycles. The van der Waals surface area contributed by atoms with Crippen molar-refractivity contribution in [2.24, 2.45) is 47.1 Å². The minimum Gasteiger partial charge on any atom is -0.494 e. The fourth-order valence-electron chi connectivity index (χ4n) is 13.5. The lowest BCUT2D eigenvalue weighted by atomic mass is 10.1. The van der Waals surface area contributed by atoms with Gasteiger partial charge in [0, 0.05) is 165 Å². The van der Waals surface area contributed by atoms with Crippen LogP contribution in [0.4, 0.5) is 79.8 Å². The molecule has 0 spiro atoms. The minimum absolute atomic E-state index is 0.0412. The number of amides is 5. The number of methoxy groups -OCH3 is 4. The van der Waals surface area contributed by atoms with Crippen molar-refractivity contribution in [3.63, 3.8) is 0 Å². The molecule has 8 N–H and O–H groups in total. The van der Waals surface area contributed by atoms with Gasteiger partial charge in [-0.15, -0.1) is 10.2 Å². The van der Waals surface area contributed by atoms with Crippen LogP contribution >= 0.6 is 0 Å². The molecule has 43 heteroatoms. The number of ketones is 3. The quantitative estimate of drug-likeness (QED) is 0.0194. The van der Waals surface area contributed by atoms with Gasteiger partial charge in [-0.2, -0.15) is 25.5 Å². The van der Waals surface area contributed by atoms with Crippen LogP contribution in [0.5, 0.6) is 23.0 Å². The minimum atomic E-state index is -0.447. The predicted octanol–water partition coefficient (Wildman–Crippen LogP) is 11.8. The molecule has 2 aliphatic carbocycles. The van der Waals surface area contributed by atoms with E-state index < -0.39 is 5.91 Å². The first-order valence-electron chi connectivity index (χ1n) is 41.5. The van der Waals surface area contributed by atoms with Gasteiger partial charge >= 0.3 is 6.03 Å². The third-order valence-corrected chi connectivity index (χ3v) is 20.6. The number of aryl methyl sites for hydroxylation is 6. The second-order valence-electron chi connectivity index (χ2n) is 31.0. The third-order valence-electron chi connectivity index (χ3n) is 20.6. The molecule has 1 aliphatic heterocycles. The number of hydrogen-bond donors (Lipinski definition) is 8. The van der Waals surface area contributed by atoms with Crippen LogP contribution in [0.25, 0.3) is 45.6 Å². The van der Waals surface area contributed by atoms with E-state index in [4.69, 9.17) is 18.9 Å². The van der Waals surface area contributed by atoms with Crippen LogP contribution in [0.2, 0.25) is 0 Å². The van der Waals surface area contributed by atoms with Gasteiger partial charge in [-0.05, 0) is 83.7 Å². The standard InChI is InChI=1S/C22H28N10O3.C22H25N9O2.C22H24N6O3.C21H23N7O3/c1-22(2,3)32-10-9-31(21(32)34)15-11-14(16(28-27-15)20(33)23-4)26-19-17(35-6)13(7-8-24-19)18-25-12-30(5)29-18;1-6-17(32)15-11-24-18(27-19-9-13(2)31(4)28-19)10-16(15)26-22-20(33-5)14(7-8-23-22)21-25-12-30(3)29-21;1-4-18(29)15-11-23-19(26-22(30)13-8-9-13)10-17(15)25-16-7-5-6-14(20(16)31-3)21-24-12-28(2)27-21;1-4-16(29)14-10-23-17(26-21(30)12-5-6-12)9-15(14)25-20-18(31-3)13(7-8-22-20)19-24-11-28(2)27-19/h7-8,11-12H,9-10H2,1-6H3,(H,23,33)(H,24,26,27);7-12H,6H2,1-5H3,(H2,23,24,26,27,28);5-7,10-13H,4,8-9H2,1-3H3,(H2,23,25,26,30);7-12H,4-6H2,1-3H3,(H2,22,23,25,26,30). The lowest BCUT2D eigenvalue weighted by Crippen LogP contribution is -2.44. The summed E-state index contributed by atoms with van der Waals surface area (Å²) in [6.07, 6.45) is 20.3. The Balaban J connectivity index is 0.000000148. The van der Waals surface area contributed by atoms with E-state index in [1.807, 2.05) is 59.0 Å². The molecule has 12 aromatic heterocycles. The molecule has 0 radical (unpaired) electrons. The van der Waals surface area contributed by atoms with E-state index in [1.165, 1.54) is 38.6 Å². The second kappa shape index (κ2) is 40.4. The number of carbonyl (C=O) groups is 7. The molecule has 2 saturated carbocycles. The van der Waals surface area contributed by atoms with Gasteiger partial charge in [0.15, 0.2) is 98.4 Å². The van der Waals surface area contributed by atoms with Crippen LogP contribution < -0.4 is 66.4 Å². The number of pyridine rings is 6. The summed E-state index contributed by atoms with van der Waals surface area (Å²) in [5.41, 5.74) is 7.18. The highest BCUT2D eigenvalue weighted by atomic mass is 16.5. The van der Waals surface area contributed by atoms with Gasteiger partial charge in [-0.3, -0.25) is 57.1 Å². The van der Waals surface area contributed by atoms with Crippen LogP contribution in [0, 0.1) is 18.8 Å². The lowest BCUT2D eigenvalue weighted by Gasteiger charge is -2.31. The van der Waals surface area contributed by atoms with E-state index in [0.29, 0.717) is 193 Å². The third kappa shape index (κ3) is 21.5. The van der Waals surface area contributed by atoms with Crippen LogP contribution in [-0.2, 0) is 44.8 Å². The number of Topliss-reactive ketones (excluding diaryl/α,β-unsaturated/α-hetero) is 3. The first-order valence-corrected chi connectivity index (χ1v) is 41.5. The number of hydrogen-bond acceptors (Lipinski definition) is 33. The van der Waals surface area contributed by atoms with Gasteiger partial charge in [0.05, 0.1) is 95.8 Å². The summed E-state index contributed by atoms with van der Waals surface area (Å²) in [4.78, 5) is 134. The zero-order valence-corrected chi connectivity index (χ0v) is 74.9. The molecule has 130 heavy (non-hydrogen) atoms. The van der Waals surface area contributed by atoms with E-state index in [-0.39, 0.29) is 58.3 Å². The average Bonchev–Trinajstić information content (AvgIpc) is 1.37. The van der Waals surface area contributed by atoms with Crippen LogP contribution in [-0.4, -0.2) is 209 Å². The van der Waals surface area contributed by atoms with Crippen molar-refractivity contribution >= 4 is 116 Å². The van der Waals surface area contributed by atoms with Crippen molar-refractivity contribution in [2.45, 2.75) is 99.0 Å². The number of nitrogens with one attached hydrogen (secondary N) is 8. The van der Waals surface area contributed by atoms with Crippen LogP contribution in [0.1, 0.15) is 134 Å². The molecule has 674 valence electrons. The highest BCUT2D eigenvalue weighted by molar-refractivity contribution is 6.06. The number of carbonyl (C=O) groups excluding carboxylic acids is 7. The summed E-state index contributed by atoms with van der Waals surface area (Å²) >= 11 is 0. The summed E-state index contributed by atoms with van der Waals surface area (Å²) in [5.74, 6) is 6.57. The molecule has 13 aromatic rings. The monoisotopic (exact) mass is 1770 g/mol. The van der Waals surface area contributed by atoms with Gasteiger partial charge in [0.1, 0.15) is 42.8 Å². The number of rotatable bonds is 30. The number of aromatic nitrogens is 22. The van der Waals surface area contributed by atoms with Crippen LogP contribution in [0.3, 0.4) is 0 Å². The second-order valence-corrected chi connectivity index (χ2v) is 31.0. The van der Waals surface area contributed by atoms with Crippen molar-refractivity contribution in [3.8, 4) is 68.5 Å². The Kier molecular flexibility index (Phi) is 28.5. The first kappa shape index (κ1) is 91.6. The Morgan fingerprint density at radius 1 is 0.438 bits per heavy atom. The fraction of sp³-hybridized carbons (Fsp3) is 0.333. The molecule has 0 atom stereocenters. The Hall–Kier alpha value is -16.1. The highest BCUT2D eigenvalue weighted by Gasteiger charge is 2.39. The smallest absolute Gasteiger partial charge is 0.326 e. The summed E-state index contributed by atoms with van der Waals surface area (Å²) in [5, 5.41) is 54.2. The molecule has 5 amide bonds. The van der Waals surface area contributed by atoms with Gasteiger partial charge in [0.25, 0.3) is 5.91 Å². The van der Waals surface area contributed by atoms with Gasteiger partial charge in [0.2, 0.25) is 11.8 Å². The number of urea groups is 1. The molecule has 43 nitrogen and oxygen atoms in total. The number of ether oxygens (including phenoxy) is 4. The van der Waals surface area contributed by atoms with Crippen molar-refractivity contribution in [2.75, 3.05) is 90.7 Å². The Morgan fingerprint density at radius 2 is 0.838 bits per heavy atom. The molecule has 0 unspecified atom stereocenters. The topological polar surface area (TPSA) is 503 Å². The first-order chi connectivity index (χ1) is 62.5. The molecular formula is C87H100N32O11. The molecular weight excluding hydrogens is 1670 g/mol. The number of benzene rings is 1. The molecule has 3 fully saturated rings. The maximum absolute atomic E-state index is 13.0. The van der Waals surface area contributed by atoms with Crippen LogP contribution in [0.15, 0.2) is 129 Å². The molecule has 1 aromatic carbocycles. The maximum Gasteiger partial charge on any atom is 0.326 e. The highest BCUT2D eigenvalue weighted by Crippen LogP contribution is 2.43. The average molecular weight is 1770 g/mol. The zero-order valence-electron chi connectivity index (χ0n) is 74.9. The maximum atomic E-state index is 13.0. The van der Waals surface area contributed by atoms with Crippen molar-refractivity contribution < 1.29 is 52.5 Å². The molecule has 0 bridgehead atoms. The van der Waals surface area contributed by atoms with E-state index in [2.05, 4.69) is 128 Å². The molecule has 13 heterocycles. The normalized spacial score (nSPS) is 12.7. The molecule has 3 aliphatic rings. The van der Waals surface area contributed by atoms with E-state index in [1.54, 1.807) is 184 Å². The predicted molar refractivity (Wildman–Crippen MR) is 484 cm³/mol. The van der Waals surface area contributed by atoms with Crippen molar-refractivity contribution in [1.82, 2.24) is 119 Å². The largest absolute Gasteiger partial charge is 0.494 e. The van der Waals surface area contributed by atoms with Crippen molar-refractivity contribution in [1.29, 1.82) is 0 Å².